The van der Waals surface area contributed by atoms with Crippen molar-refractivity contribution in [3.8, 4) is 5.75 Å². The molecule has 0 amide bonds. The van der Waals surface area contributed by atoms with Crippen molar-refractivity contribution in [2.24, 2.45) is 0 Å². The number of hydrogen-bond donors (Lipinski definition) is 0. The lowest BCUT2D eigenvalue weighted by atomic mass is 9.63. The SMILES string of the molecule is C/C(=C\c1ccc(OCCS(C)(=O)=O)cc1)c1ccc2c(c1)C(C)(C)CCC2(C)C. The number of ether oxygens (including phenoxy) is 1. The second-order valence-electron chi connectivity index (χ2n) is 9.90. The van der Waals surface area contributed by atoms with Crippen LogP contribution < -0.4 is 4.74 Å². The van der Waals surface area contributed by atoms with Crippen LogP contribution in [0, 0.1) is 0 Å². The van der Waals surface area contributed by atoms with E-state index in [1.54, 1.807) is 0 Å². The lowest BCUT2D eigenvalue weighted by molar-refractivity contribution is 0.332. The molecule has 0 saturated heterocycles. The molecule has 162 valence electrons. The van der Waals surface area contributed by atoms with E-state index < -0.39 is 9.84 Å². The zero-order valence-electron chi connectivity index (χ0n) is 19.1. The molecule has 2 aromatic rings. The summed E-state index contributed by atoms with van der Waals surface area (Å²) >= 11 is 0. The summed E-state index contributed by atoms with van der Waals surface area (Å²) in [5.74, 6) is 0.713. The van der Waals surface area contributed by atoms with Gasteiger partial charge in [-0.05, 0) is 70.6 Å². The fraction of sp³-hybridized carbons (Fsp3) is 0.462. The van der Waals surface area contributed by atoms with Gasteiger partial charge in [-0.15, -0.1) is 0 Å². The van der Waals surface area contributed by atoms with Crippen LogP contribution in [-0.2, 0) is 20.7 Å². The molecule has 2 aromatic carbocycles. The van der Waals surface area contributed by atoms with Gasteiger partial charge in [-0.25, -0.2) is 8.42 Å². The van der Waals surface area contributed by atoms with Gasteiger partial charge in [0.2, 0.25) is 0 Å². The minimum absolute atomic E-state index is 0.0270. The average Bonchev–Trinajstić information content (AvgIpc) is 2.66. The van der Waals surface area contributed by atoms with Crippen LogP contribution in [0.1, 0.15) is 69.7 Å². The number of benzene rings is 2. The first-order valence-electron chi connectivity index (χ1n) is 10.6. The second-order valence-corrected chi connectivity index (χ2v) is 12.2. The van der Waals surface area contributed by atoms with E-state index in [9.17, 15) is 8.42 Å². The Morgan fingerprint density at radius 3 is 2.17 bits per heavy atom. The molecule has 30 heavy (non-hydrogen) atoms. The van der Waals surface area contributed by atoms with Gasteiger partial charge in [0.05, 0.1) is 5.75 Å². The van der Waals surface area contributed by atoms with Gasteiger partial charge in [-0.3, -0.25) is 0 Å². The fourth-order valence-electron chi connectivity index (χ4n) is 4.14. The highest BCUT2D eigenvalue weighted by atomic mass is 32.2. The molecule has 0 spiro atoms. The van der Waals surface area contributed by atoms with E-state index in [1.807, 2.05) is 24.3 Å². The Labute approximate surface area is 182 Å². The van der Waals surface area contributed by atoms with E-state index in [0.717, 1.165) is 5.56 Å². The van der Waals surface area contributed by atoms with Crippen molar-refractivity contribution < 1.29 is 13.2 Å². The van der Waals surface area contributed by atoms with E-state index in [2.05, 4.69) is 58.9 Å². The summed E-state index contributed by atoms with van der Waals surface area (Å²) in [5, 5.41) is 0. The minimum atomic E-state index is -3.01. The van der Waals surface area contributed by atoms with Crippen LogP contribution in [-0.4, -0.2) is 27.0 Å². The first-order chi connectivity index (χ1) is 13.9. The third-order valence-electron chi connectivity index (χ3n) is 6.29. The highest BCUT2D eigenvalue weighted by Crippen LogP contribution is 2.46. The van der Waals surface area contributed by atoms with Crippen molar-refractivity contribution in [2.45, 2.75) is 58.3 Å². The summed E-state index contributed by atoms with van der Waals surface area (Å²) in [4.78, 5) is 0. The zero-order chi connectivity index (χ0) is 22.2. The maximum atomic E-state index is 11.2. The Morgan fingerprint density at radius 2 is 1.57 bits per heavy atom. The molecule has 0 atom stereocenters. The number of hydrogen-bond acceptors (Lipinski definition) is 3. The Kier molecular flexibility index (Phi) is 6.20. The van der Waals surface area contributed by atoms with Crippen molar-refractivity contribution >= 4 is 21.5 Å². The maximum Gasteiger partial charge on any atom is 0.150 e. The van der Waals surface area contributed by atoms with Gasteiger partial charge >= 0.3 is 0 Å². The molecule has 4 heteroatoms. The molecule has 0 N–H and O–H groups in total. The summed E-state index contributed by atoms with van der Waals surface area (Å²) in [6.07, 6.45) is 5.83. The summed E-state index contributed by atoms with van der Waals surface area (Å²) in [5.41, 5.74) is 6.96. The van der Waals surface area contributed by atoms with Crippen LogP contribution in [0.15, 0.2) is 42.5 Å². The summed E-state index contributed by atoms with van der Waals surface area (Å²) in [6, 6.07) is 14.7. The molecule has 0 radical (unpaired) electrons. The Balaban J connectivity index is 1.79. The van der Waals surface area contributed by atoms with Gasteiger partial charge in [0.15, 0.2) is 9.84 Å². The van der Waals surface area contributed by atoms with E-state index in [-0.39, 0.29) is 23.2 Å². The summed E-state index contributed by atoms with van der Waals surface area (Å²) in [7, 11) is -3.01. The topological polar surface area (TPSA) is 43.4 Å². The summed E-state index contributed by atoms with van der Waals surface area (Å²) in [6.45, 7) is 11.7. The van der Waals surface area contributed by atoms with Gasteiger partial charge in [-0.2, -0.15) is 0 Å². The fourth-order valence-corrected chi connectivity index (χ4v) is 4.52. The summed E-state index contributed by atoms with van der Waals surface area (Å²) < 4.78 is 27.9. The first-order valence-corrected chi connectivity index (χ1v) is 12.7. The van der Waals surface area contributed by atoms with Gasteiger partial charge in [0.1, 0.15) is 12.4 Å². The average molecular weight is 427 g/mol. The lowest BCUT2D eigenvalue weighted by Gasteiger charge is -2.42. The molecule has 0 bridgehead atoms. The van der Waals surface area contributed by atoms with Crippen molar-refractivity contribution in [1.29, 1.82) is 0 Å². The third kappa shape index (κ3) is 5.34. The first kappa shape index (κ1) is 22.6. The molecule has 1 aliphatic carbocycles. The number of allylic oxidation sites excluding steroid dienone is 1. The molecular weight excluding hydrogens is 392 g/mol. The van der Waals surface area contributed by atoms with Crippen LogP contribution >= 0.6 is 0 Å². The van der Waals surface area contributed by atoms with E-state index in [0.29, 0.717) is 5.75 Å². The van der Waals surface area contributed by atoms with Gasteiger partial charge < -0.3 is 4.74 Å². The van der Waals surface area contributed by atoms with Crippen LogP contribution in [0.5, 0.6) is 5.75 Å². The number of sulfone groups is 1. The predicted molar refractivity (Wildman–Crippen MR) is 127 cm³/mol. The zero-order valence-corrected chi connectivity index (χ0v) is 19.9. The molecule has 0 fully saturated rings. The largest absolute Gasteiger partial charge is 0.493 e. The molecule has 1 aliphatic rings. The molecule has 0 unspecified atom stereocenters. The Bertz CT molecular complexity index is 1040. The van der Waals surface area contributed by atoms with Crippen LogP contribution in [0.2, 0.25) is 0 Å². The van der Waals surface area contributed by atoms with Gasteiger partial charge in [-0.1, -0.05) is 64.1 Å². The van der Waals surface area contributed by atoms with Crippen molar-refractivity contribution in [1.82, 2.24) is 0 Å². The molecular formula is C26H34O3S. The monoisotopic (exact) mass is 426 g/mol. The van der Waals surface area contributed by atoms with Crippen molar-refractivity contribution in [3.63, 3.8) is 0 Å². The van der Waals surface area contributed by atoms with Crippen molar-refractivity contribution in [3.05, 3.63) is 64.7 Å². The number of rotatable bonds is 6. The highest BCUT2D eigenvalue weighted by Gasteiger charge is 2.36. The van der Waals surface area contributed by atoms with Gasteiger partial charge in [0.25, 0.3) is 0 Å². The molecule has 3 rings (SSSR count). The van der Waals surface area contributed by atoms with Gasteiger partial charge in [0, 0.05) is 6.26 Å². The Hall–Kier alpha value is -2.07. The predicted octanol–water partition coefficient (Wildman–Crippen LogP) is 6.02. The van der Waals surface area contributed by atoms with E-state index >= 15 is 0 Å². The molecule has 0 heterocycles. The quantitative estimate of drug-likeness (QED) is 0.531. The smallest absolute Gasteiger partial charge is 0.150 e. The standard InChI is InChI=1S/C26H34O3S/c1-19(17-20-7-10-22(11-8-20)29-15-16-30(6,27)28)21-9-12-23-24(18-21)26(4,5)14-13-25(23,2)3/h7-12,17-18H,13-16H2,1-6H3/b19-17+. The van der Waals surface area contributed by atoms with Crippen LogP contribution in [0.4, 0.5) is 0 Å². The van der Waals surface area contributed by atoms with E-state index in [1.165, 1.54) is 41.4 Å². The molecule has 0 saturated carbocycles. The van der Waals surface area contributed by atoms with E-state index in [4.69, 9.17) is 4.74 Å². The lowest BCUT2D eigenvalue weighted by Crippen LogP contribution is -2.33. The van der Waals surface area contributed by atoms with Crippen LogP contribution in [0.3, 0.4) is 0 Å². The molecule has 0 aromatic heterocycles. The third-order valence-corrected chi connectivity index (χ3v) is 7.20. The molecule has 3 nitrogen and oxygen atoms in total. The highest BCUT2D eigenvalue weighted by molar-refractivity contribution is 7.90. The molecule has 0 aliphatic heterocycles. The minimum Gasteiger partial charge on any atom is -0.493 e. The Morgan fingerprint density at radius 1 is 0.967 bits per heavy atom. The normalized spacial score (nSPS) is 18.0. The maximum absolute atomic E-state index is 11.2. The number of fused-ring (bicyclic) bond motifs is 1. The van der Waals surface area contributed by atoms with Crippen molar-refractivity contribution in [2.75, 3.05) is 18.6 Å². The second kappa shape index (κ2) is 8.22. The van der Waals surface area contributed by atoms with Crippen LogP contribution in [0.25, 0.3) is 11.6 Å².